The number of hydrogen-bond acceptors (Lipinski definition) is 11. The van der Waals surface area contributed by atoms with Crippen molar-refractivity contribution in [2.24, 2.45) is 16.2 Å². The first-order chi connectivity index (χ1) is 24.6. The molecule has 0 amide bonds. The van der Waals surface area contributed by atoms with Crippen LogP contribution in [0, 0.1) is 30.1 Å². The molecule has 2 aliphatic carbocycles. The average Bonchev–Trinajstić information content (AvgIpc) is 3.64. The molecule has 5 aromatic rings. The van der Waals surface area contributed by atoms with Crippen LogP contribution in [0.2, 0.25) is 0 Å². The molecule has 0 spiro atoms. The van der Waals surface area contributed by atoms with Crippen molar-refractivity contribution in [3.63, 3.8) is 0 Å². The van der Waals surface area contributed by atoms with E-state index in [1.807, 2.05) is 42.8 Å². The number of benzene rings is 1. The van der Waals surface area contributed by atoms with Crippen molar-refractivity contribution in [1.29, 1.82) is 0 Å². The third-order valence-corrected chi connectivity index (χ3v) is 11.5. The number of carbonyl (C=O) groups excluding carboxylic acids is 1. The summed E-state index contributed by atoms with van der Waals surface area (Å²) in [5.41, 5.74) is 2.90. The number of carboxylic acid groups (broad SMARTS) is 1. The Balaban J connectivity index is 1.12. The van der Waals surface area contributed by atoms with Crippen LogP contribution in [0.5, 0.6) is 0 Å². The molecule has 2 bridgehead atoms. The lowest BCUT2D eigenvalue weighted by Crippen LogP contribution is -2.57. The monoisotopic (exact) mass is 723 g/mol. The number of aromatic carboxylic acids is 1. The maximum atomic E-state index is 13.5. The number of hydrogen-bond donors (Lipinski definition) is 3. The molecule has 0 radical (unpaired) electrons. The lowest BCUT2D eigenvalue weighted by Gasteiger charge is -2.61. The summed E-state index contributed by atoms with van der Waals surface area (Å²) in [6.07, 6.45) is 6.53. The Labute approximate surface area is 306 Å². The molecular formula is C39H45N7O5S. The van der Waals surface area contributed by atoms with Gasteiger partial charge in [0.05, 0.1) is 35.2 Å². The minimum absolute atomic E-state index is 0.00975. The molecule has 3 unspecified atom stereocenters. The number of aliphatic hydroxyl groups is 1. The van der Waals surface area contributed by atoms with Crippen LogP contribution >= 0.6 is 11.3 Å². The van der Waals surface area contributed by atoms with Crippen molar-refractivity contribution in [2.75, 3.05) is 18.5 Å². The molecule has 12 nitrogen and oxygen atoms in total. The number of para-hydroxylation sites is 1. The summed E-state index contributed by atoms with van der Waals surface area (Å²) in [5, 5.41) is 36.9. The van der Waals surface area contributed by atoms with E-state index in [4.69, 9.17) is 9.84 Å². The van der Waals surface area contributed by atoms with Gasteiger partial charge in [0.25, 0.3) is 0 Å². The number of carboxylic acids is 1. The number of aliphatic hydroxyl groups excluding tert-OH is 1. The highest BCUT2D eigenvalue weighted by molar-refractivity contribution is 7.22. The molecule has 13 heteroatoms. The zero-order valence-electron chi connectivity index (χ0n) is 30.5. The predicted octanol–water partition coefficient (Wildman–Crippen LogP) is 7.40. The number of rotatable bonds is 11. The molecule has 3 N–H and O–H groups in total. The summed E-state index contributed by atoms with van der Waals surface area (Å²) in [4.78, 5) is 35.0. The van der Waals surface area contributed by atoms with Crippen LogP contribution in [0.25, 0.3) is 21.3 Å². The molecule has 4 heterocycles. The molecule has 3 atom stereocenters. The van der Waals surface area contributed by atoms with Crippen molar-refractivity contribution in [3.8, 4) is 11.1 Å². The highest BCUT2D eigenvalue weighted by Crippen LogP contribution is 2.63. The van der Waals surface area contributed by atoms with Gasteiger partial charge in [-0.1, -0.05) is 51.2 Å². The van der Waals surface area contributed by atoms with E-state index in [0.29, 0.717) is 40.8 Å². The highest BCUT2D eigenvalue weighted by atomic mass is 32.1. The third kappa shape index (κ3) is 6.96. The Morgan fingerprint density at radius 1 is 0.942 bits per heavy atom. The van der Waals surface area contributed by atoms with Gasteiger partial charge in [0.1, 0.15) is 11.4 Å². The highest BCUT2D eigenvalue weighted by Gasteiger charge is 2.58. The Morgan fingerprint density at radius 2 is 1.73 bits per heavy atom. The van der Waals surface area contributed by atoms with Crippen LogP contribution in [0.3, 0.4) is 0 Å². The molecule has 7 rings (SSSR count). The van der Waals surface area contributed by atoms with E-state index in [1.54, 1.807) is 18.3 Å². The molecule has 0 aliphatic heterocycles. The van der Waals surface area contributed by atoms with Crippen LogP contribution in [0.1, 0.15) is 97.7 Å². The smallest absolute Gasteiger partial charge is 0.355 e. The maximum absolute atomic E-state index is 13.5. The van der Waals surface area contributed by atoms with Gasteiger partial charge in [0.2, 0.25) is 5.78 Å². The molecule has 1 aromatic carbocycles. The fourth-order valence-electron chi connectivity index (χ4n) is 9.72. The maximum Gasteiger partial charge on any atom is 0.355 e. The first-order valence-corrected chi connectivity index (χ1v) is 18.4. The Morgan fingerprint density at radius 3 is 2.46 bits per heavy atom. The van der Waals surface area contributed by atoms with Gasteiger partial charge in [-0.05, 0) is 98.1 Å². The summed E-state index contributed by atoms with van der Waals surface area (Å²) in [6, 6.07) is 12.6. The molecule has 2 saturated carbocycles. The number of nitrogens with one attached hydrogen (secondary N) is 1. The standard InChI is InChI=1S/C39H45N7O5S/c1-23-15-29(44-45-33(23)43-35-42-27-9-7-8-10-30(27)52-35)32(48)28-12-11-25(31(41-28)34(49)50)26-16-40-46(24(26)2)22-38(6)19-37(5)17-36(3,4)18-39(20-37,21-38)51-14-13-47/h7-12,15-16,47H,13-14,17-22H2,1-6H3,(H,49,50)(H,42,43,45). The van der Waals surface area contributed by atoms with Gasteiger partial charge < -0.3 is 20.3 Å². The zero-order chi connectivity index (χ0) is 37.1. The number of aromatic nitrogens is 6. The second kappa shape index (κ2) is 13.1. The summed E-state index contributed by atoms with van der Waals surface area (Å²) in [7, 11) is 0. The molecule has 4 aromatic heterocycles. The lowest BCUT2D eigenvalue weighted by atomic mass is 9.48. The van der Waals surface area contributed by atoms with Gasteiger partial charge in [-0.2, -0.15) is 5.10 Å². The van der Waals surface area contributed by atoms with Crippen molar-refractivity contribution in [3.05, 3.63) is 77.0 Å². The topological polar surface area (TPSA) is 165 Å². The number of ketones is 1. The normalized spacial score (nSPS) is 23.8. The first kappa shape index (κ1) is 35.8. The van der Waals surface area contributed by atoms with Crippen LogP contribution in [-0.2, 0) is 11.3 Å². The van der Waals surface area contributed by atoms with E-state index in [9.17, 15) is 19.8 Å². The quantitative estimate of drug-likeness (QED) is 0.116. The molecule has 2 aliphatic rings. The fraction of sp³-hybridized carbons (Fsp3) is 0.462. The van der Waals surface area contributed by atoms with E-state index < -0.39 is 11.8 Å². The number of fused-ring (bicyclic) bond motifs is 3. The first-order valence-electron chi connectivity index (χ1n) is 17.6. The lowest BCUT2D eigenvalue weighted by molar-refractivity contribution is -0.196. The number of aryl methyl sites for hydroxylation is 1. The van der Waals surface area contributed by atoms with Gasteiger partial charge in [0, 0.05) is 23.4 Å². The second-order valence-electron chi connectivity index (χ2n) is 16.3. The van der Waals surface area contributed by atoms with Gasteiger partial charge in [-0.25, -0.2) is 14.8 Å². The third-order valence-electron chi connectivity index (χ3n) is 10.5. The molecule has 2 fully saturated rings. The van der Waals surface area contributed by atoms with Crippen molar-refractivity contribution >= 4 is 44.3 Å². The molecule has 0 saturated heterocycles. The van der Waals surface area contributed by atoms with E-state index in [2.05, 4.69) is 53.2 Å². The predicted molar refractivity (Wildman–Crippen MR) is 199 cm³/mol. The minimum Gasteiger partial charge on any atom is -0.476 e. The summed E-state index contributed by atoms with van der Waals surface area (Å²) < 4.78 is 9.48. The summed E-state index contributed by atoms with van der Waals surface area (Å²) in [5.74, 6) is -1.32. The van der Waals surface area contributed by atoms with Crippen LogP contribution in [-0.4, -0.2) is 70.7 Å². The second-order valence-corrected chi connectivity index (χ2v) is 17.4. The largest absolute Gasteiger partial charge is 0.476 e. The Kier molecular flexibility index (Phi) is 9.03. The molecular weight excluding hydrogens is 679 g/mol. The van der Waals surface area contributed by atoms with Crippen molar-refractivity contribution < 1.29 is 24.5 Å². The zero-order valence-corrected chi connectivity index (χ0v) is 31.3. The SMILES string of the molecule is Cc1cc(C(=O)c2ccc(-c3cnn(CC4(C)CC5(C)CC(C)(C)CC(OCCO)(C4)C5)c3C)c(C(=O)O)n2)nnc1Nc1nc2ccccc2s1. The average molecular weight is 724 g/mol. The van der Waals surface area contributed by atoms with Crippen LogP contribution in [0.4, 0.5) is 10.9 Å². The molecule has 52 heavy (non-hydrogen) atoms. The summed E-state index contributed by atoms with van der Waals surface area (Å²) in [6.45, 7) is 14.0. The summed E-state index contributed by atoms with van der Waals surface area (Å²) >= 11 is 1.49. The van der Waals surface area contributed by atoms with Gasteiger partial charge in [-0.3, -0.25) is 9.48 Å². The van der Waals surface area contributed by atoms with E-state index >= 15 is 0 Å². The Bertz CT molecular complexity index is 2160. The van der Waals surface area contributed by atoms with Crippen molar-refractivity contribution in [2.45, 2.75) is 85.8 Å². The molecule has 272 valence electrons. The number of nitrogens with zero attached hydrogens (tertiary/aromatic N) is 6. The number of carbonyl (C=O) groups is 2. The Hall–Kier alpha value is -4.59. The van der Waals surface area contributed by atoms with Gasteiger partial charge in [0.15, 0.2) is 16.6 Å². The van der Waals surface area contributed by atoms with E-state index in [1.165, 1.54) is 17.4 Å². The number of thiazole rings is 1. The van der Waals surface area contributed by atoms with Gasteiger partial charge >= 0.3 is 5.97 Å². The van der Waals surface area contributed by atoms with Crippen LogP contribution < -0.4 is 5.32 Å². The van der Waals surface area contributed by atoms with Gasteiger partial charge in [-0.15, -0.1) is 10.2 Å². The number of pyridine rings is 1. The fourth-order valence-corrected chi connectivity index (χ4v) is 10.6. The van der Waals surface area contributed by atoms with E-state index in [0.717, 1.165) is 48.0 Å². The van der Waals surface area contributed by atoms with Crippen LogP contribution in [0.15, 0.2) is 48.7 Å². The minimum atomic E-state index is -1.25. The van der Waals surface area contributed by atoms with E-state index in [-0.39, 0.29) is 45.5 Å². The number of ether oxygens (including phenoxy) is 1. The number of anilines is 2. The van der Waals surface area contributed by atoms with Crippen molar-refractivity contribution in [1.82, 2.24) is 29.9 Å².